The van der Waals surface area contributed by atoms with E-state index in [1.807, 2.05) is 24.3 Å². The molecule has 1 N–H and O–H groups in total. The van der Waals surface area contributed by atoms with Crippen molar-refractivity contribution in [3.63, 3.8) is 0 Å². The lowest BCUT2D eigenvalue weighted by Gasteiger charge is -2.38. The smallest absolute Gasteiger partial charge is 0.255 e. The summed E-state index contributed by atoms with van der Waals surface area (Å²) in [6, 6.07) is 11.6. The fourth-order valence-corrected chi connectivity index (χ4v) is 4.63. The topological polar surface area (TPSA) is 32.3 Å². The molecule has 5 heteroatoms. The second kappa shape index (κ2) is 6.64. The fourth-order valence-electron chi connectivity index (χ4n) is 4.10. The number of hydrogen-bond donors (Lipinski definition) is 1. The molecule has 0 aromatic heterocycles. The average Bonchev–Trinajstić information content (AvgIpc) is 3.10. The monoisotopic (exact) mass is 386 g/mol. The number of nitrogens with zero attached hydrogens (tertiary/aromatic N) is 1. The van der Waals surface area contributed by atoms with Gasteiger partial charge in [-0.1, -0.05) is 53.6 Å². The first-order valence-electron chi connectivity index (χ1n) is 8.70. The van der Waals surface area contributed by atoms with Gasteiger partial charge in [-0.15, -0.1) is 0 Å². The molecule has 0 bridgehead atoms. The summed E-state index contributed by atoms with van der Waals surface area (Å²) in [6.45, 7) is 0. The van der Waals surface area contributed by atoms with Gasteiger partial charge in [-0.2, -0.15) is 0 Å². The third-order valence-corrected chi connectivity index (χ3v) is 5.89. The van der Waals surface area contributed by atoms with Crippen molar-refractivity contribution in [3.8, 4) is 0 Å². The lowest BCUT2D eigenvalue weighted by Crippen LogP contribution is -2.32. The van der Waals surface area contributed by atoms with Crippen molar-refractivity contribution in [3.05, 3.63) is 75.3 Å². The minimum atomic E-state index is -0.00395. The zero-order valence-corrected chi connectivity index (χ0v) is 16.2. The molecule has 3 atom stereocenters. The van der Waals surface area contributed by atoms with E-state index in [2.05, 4.69) is 23.5 Å². The largest absolute Gasteiger partial charge is 0.377 e. The average molecular weight is 387 g/mol. The summed E-state index contributed by atoms with van der Waals surface area (Å²) in [5, 5.41) is 4.91. The van der Waals surface area contributed by atoms with Gasteiger partial charge < -0.3 is 10.2 Å². The van der Waals surface area contributed by atoms with Gasteiger partial charge >= 0.3 is 0 Å². The second-order valence-electron chi connectivity index (χ2n) is 7.11. The Hall–Kier alpha value is -1.97. The van der Waals surface area contributed by atoms with Crippen LogP contribution in [-0.2, 0) is 0 Å². The van der Waals surface area contributed by atoms with Crippen LogP contribution in [0.2, 0.25) is 10.0 Å². The Bertz CT molecular complexity index is 907. The molecule has 3 nitrogen and oxygen atoms in total. The number of allylic oxidation sites excluding steroid dienone is 2. The number of carbonyl (C=O) groups excluding carboxylic acids is 1. The molecule has 26 heavy (non-hydrogen) atoms. The molecule has 0 unspecified atom stereocenters. The highest BCUT2D eigenvalue weighted by Crippen LogP contribution is 2.51. The van der Waals surface area contributed by atoms with E-state index >= 15 is 0 Å². The molecule has 0 saturated carbocycles. The predicted octanol–water partition coefficient (Wildman–Crippen LogP) is 5.52. The minimum Gasteiger partial charge on any atom is -0.377 e. The Morgan fingerprint density at radius 3 is 2.69 bits per heavy atom. The first kappa shape index (κ1) is 17.4. The minimum absolute atomic E-state index is 0.00395. The zero-order chi connectivity index (χ0) is 18.4. The maximum Gasteiger partial charge on any atom is 0.255 e. The maximum atomic E-state index is 12.7. The second-order valence-corrected chi connectivity index (χ2v) is 7.95. The van der Waals surface area contributed by atoms with Crippen molar-refractivity contribution in [2.75, 3.05) is 19.4 Å². The van der Waals surface area contributed by atoms with Crippen molar-refractivity contribution in [2.45, 2.75) is 18.4 Å². The normalized spacial score (nSPS) is 23.2. The van der Waals surface area contributed by atoms with Crippen LogP contribution >= 0.6 is 23.2 Å². The van der Waals surface area contributed by atoms with Crippen LogP contribution < -0.4 is 5.32 Å². The van der Waals surface area contributed by atoms with Gasteiger partial charge in [-0.25, -0.2) is 0 Å². The molecule has 1 aliphatic carbocycles. The molecule has 2 aromatic carbocycles. The van der Waals surface area contributed by atoms with Crippen LogP contribution in [0.5, 0.6) is 0 Å². The third kappa shape index (κ3) is 2.80. The molecule has 0 saturated heterocycles. The van der Waals surface area contributed by atoms with Crippen molar-refractivity contribution >= 4 is 34.8 Å². The van der Waals surface area contributed by atoms with E-state index in [-0.39, 0.29) is 17.9 Å². The lowest BCUT2D eigenvalue weighted by atomic mass is 9.76. The summed E-state index contributed by atoms with van der Waals surface area (Å²) in [5.74, 6) is 0.638. The summed E-state index contributed by atoms with van der Waals surface area (Å²) in [5.41, 5.74) is 3.81. The number of hydrogen-bond acceptors (Lipinski definition) is 2. The molecular formula is C21H20Cl2N2O. The van der Waals surface area contributed by atoms with E-state index < -0.39 is 0 Å². The van der Waals surface area contributed by atoms with Gasteiger partial charge in [0, 0.05) is 30.1 Å². The molecule has 1 amide bonds. The van der Waals surface area contributed by atoms with Gasteiger partial charge in [0.05, 0.1) is 17.3 Å². The molecule has 0 fully saturated rings. The van der Waals surface area contributed by atoms with Gasteiger partial charge in [0.1, 0.15) is 0 Å². The van der Waals surface area contributed by atoms with Gasteiger partial charge in [0.2, 0.25) is 0 Å². The highest BCUT2D eigenvalue weighted by molar-refractivity contribution is 6.35. The van der Waals surface area contributed by atoms with Gasteiger partial charge in [-0.05, 0) is 41.7 Å². The molecule has 0 spiro atoms. The zero-order valence-electron chi connectivity index (χ0n) is 14.7. The number of halogens is 2. The number of amides is 1. The Balaban J connectivity index is 1.84. The number of para-hydroxylation sites is 1. The molecular weight excluding hydrogens is 367 g/mol. The molecule has 134 valence electrons. The van der Waals surface area contributed by atoms with Crippen molar-refractivity contribution in [2.24, 2.45) is 5.92 Å². The maximum absolute atomic E-state index is 12.7. The van der Waals surface area contributed by atoms with Crippen LogP contribution in [-0.4, -0.2) is 24.9 Å². The van der Waals surface area contributed by atoms with Crippen molar-refractivity contribution in [1.29, 1.82) is 0 Å². The van der Waals surface area contributed by atoms with E-state index in [1.165, 1.54) is 5.56 Å². The molecule has 2 aliphatic rings. The first-order chi connectivity index (χ1) is 12.5. The van der Waals surface area contributed by atoms with Crippen LogP contribution in [0.1, 0.15) is 39.9 Å². The van der Waals surface area contributed by atoms with Gasteiger partial charge in [-0.3, -0.25) is 4.79 Å². The number of anilines is 1. The number of nitrogens with one attached hydrogen (secondary N) is 1. The highest BCUT2D eigenvalue weighted by Gasteiger charge is 2.40. The van der Waals surface area contributed by atoms with E-state index in [0.717, 1.165) is 17.7 Å². The summed E-state index contributed by atoms with van der Waals surface area (Å²) < 4.78 is 0. The Morgan fingerprint density at radius 2 is 1.96 bits per heavy atom. The van der Waals surface area contributed by atoms with Crippen LogP contribution in [0.3, 0.4) is 0 Å². The van der Waals surface area contributed by atoms with Crippen LogP contribution in [0.25, 0.3) is 0 Å². The van der Waals surface area contributed by atoms with Gasteiger partial charge in [0.15, 0.2) is 0 Å². The summed E-state index contributed by atoms with van der Waals surface area (Å²) in [7, 11) is 3.55. The number of carbonyl (C=O) groups is 1. The van der Waals surface area contributed by atoms with E-state index in [0.29, 0.717) is 21.5 Å². The van der Waals surface area contributed by atoms with Crippen molar-refractivity contribution < 1.29 is 4.79 Å². The number of benzene rings is 2. The van der Waals surface area contributed by atoms with Crippen LogP contribution in [0, 0.1) is 5.92 Å². The first-order valence-corrected chi connectivity index (χ1v) is 9.45. The SMILES string of the molecule is CN(C)C(=O)c1cccc2c1N[C@H](c1ccc(Cl)cc1Cl)[C@@H]1CC=C[C@H]21. The van der Waals surface area contributed by atoms with E-state index in [9.17, 15) is 4.79 Å². The van der Waals surface area contributed by atoms with Crippen LogP contribution in [0.4, 0.5) is 5.69 Å². The summed E-state index contributed by atoms with van der Waals surface area (Å²) >= 11 is 12.6. The molecule has 2 aromatic rings. The Kier molecular flexibility index (Phi) is 4.45. The molecule has 1 heterocycles. The predicted molar refractivity (Wildman–Crippen MR) is 107 cm³/mol. The van der Waals surface area contributed by atoms with E-state index in [1.54, 1.807) is 25.1 Å². The fraction of sp³-hybridized carbons (Fsp3) is 0.286. The Labute approximate surface area is 163 Å². The highest BCUT2D eigenvalue weighted by atomic mass is 35.5. The lowest BCUT2D eigenvalue weighted by molar-refractivity contribution is 0.0828. The third-order valence-electron chi connectivity index (χ3n) is 5.33. The molecule has 1 aliphatic heterocycles. The van der Waals surface area contributed by atoms with Gasteiger partial charge in [0.25, 0.3) is 5.91 Å². The van der Waals surface area contributed by atoms with Crippen molar-refractivity contribution in [1.82, 2.24) is 4.90 Å². The molecule has 0 radical (unpaired) electrons. The Morgan fingerprint density at radius 1 is 1.15 bits per heavy atom. The van der Waals surface area contributed by atoms with Crippen LogP contribution in [0.15, 0.2) is 48.6 Å². The molecule has 4 rings (SSSR count). The van der Waals surface area contributed by atoms with E-state index in [4.69, 9.17) is 23.2 Å². The quantitative estimate of drug-likeness (QED) is 0.688. The number of rotatable bonds is 2. The summed E-state index contributed by atoms with van der Waals surface area (Å²) in [4.78, 5) is 14.3. The number of fused-ring (bicyclic) bond motifs is 3. The summed E-state index contributed by atoms with van der Waals surface area (Å²) in [6.07, 6.45) is 5.46. The standard InChI is InChI=1S/C21H20Cl2N2O/c1-25(2)21(26)17-8-4-7-15-13-5-3-6-14(13)19(24-20(15)17)16-10-9-12(22)11-18(16)23/h3-5,7-11,13-14,19,24H,6H2,1-2H3/t13-,14+,19-/m0/s1.